The minimum atomic E-state index is 0.604. The van der Waals surface area contributed by atoms with Crippen molar-refractivity contribution in [3.63, 3.8) is 0 Å². The molecule has 1 nitrogen and oxygen atoms in total. The second-order valence-electron chi connectivity index (χ2n) is 7.13. The summed E-state index contributed by atoms with van der Waals surface area (Å²) in [5, 5.41) is 3.94. The molecule has 1 N–H and O–H groups in total. The zero-order chi connectivity index (χ0) is 11.8. The van der Waals surface area contributed by atoms with Gasteiger partial charge in [-0.2, -0.15) is 0 Å². The molecular weight excluding hydrogens is 194 g/mol. The Kier molecular flexibility index (Phi) is 3.63. The van der Waals surface area contributed by atoms with Gasteiger partial charge in [0.2, 0.25) is 0 Å². The van der Waals surface area contributed by atoms with E-state index >= 15 is 0 Å². The molecule has 16 heavy (non-hydrogen) atoms. The average Bonchev–Trinajstić information content (AvgIpc) is 2.53. The largest absolute Gasteiger partial charge is 0.311 e. The van der Waals surface area contributed by atoms with E-state index in [9.17, 15) is 0 Å². The molecule has 0 heterocycles. The van der Waals surface area contributed by atoms with Crippen molar-refractivity contribution >= 4 is 0 Å². The van der Waals surface area contributed by atoms with E-state index in [2.05, 4.69) is 33.0 Å². The monoisotopic (exact) mass is 223 g/mol. The maximum Gasteiger partial charge on any atom is 0.00979 e. The summed E-state index contributed by atoms with van der Waals surface area (Å²) in [6, 6.07) is 1.62. The number of hydrogen-bond donors (Lipinski definition) is 1. The lowest BCUT2D eigenvalue weighted by molar-refractivity contribution is 0.190. The van der Waals surface area contributed by atoms with Crippen LogP contribution < -0.4 is 5.32 Å². The molecule has 94 valence electrons. The van der Waals surface area contributed by atoms with Gasteiger partial charge in [0.15, 0.2) is 0 Å². The van der Waals surface area contributed by atoms with Crippen LogP contribution in [-0.4, -0.2) is 12.1 Å². The molecule has 0 aromatic rings. The number of hydrogen-bond acceptors (Lipinski definition) is 1. The summed E-state index contributed by atoms with van der Waals surface area (Å²) >= 11 is 0. The van der Waals surface area contributed by atoms with Gasteiger partial charge in [0, 0.05) is 12.1 Å². The molecule has 2 saturated carbocycles. The van der Waals surface area contributed by atoms with Crippen LogP contribution in [0.5, 0.6) is 0 Å². The highest BCUT2D eigenvalue weighted by Crippen LogP contribution is 2.37. The van der Waals surface area contributed by atoms with E-state index in [1.165, 1.54) is 38.5 Å². The fourth-order valence-electron chi connectivity index (χ4n) is 3.47. The fourth-order valence-corrected chi connectivity index (χ4v) is 3.47. The lowest BCUT2D eigenvalue weighted by Gasteiger charge is -2.36. The van der Waals surface area contributed by atoms with Crippen molar-refractivity contribution in [1.29, 1.82) is 0 Å². The van der Waals surface area contributed by atoms with Gasteiger partial charge in [-0.05, 0) is 55.8 Å². The highest BCUT2D eigenvalue weighted by Gasteiger charge is 2.33. The molecule has 1 heteroatoms. The van der Waals surface area contributed by atoms with Gasteiger partial charge in [-0.15, -0.1) is 0 Å². The Bertz CT molecular complexity index is 224. The predicted octanol–water partition coefficient (Wildman–Crippen LogP) is 3.98. The van der Waals surface area contributed by atoms with Gasteiger partial charge in [-0.3, -0.25) is 0 Å². The van der Waals surface area contributed by atoms with E-state index in [0.29, 0.717) is 5.41 Å². The zero-order valence-electron chi connectivity index (χ0n) is 11.6. The Morgan fingerprint density at radius 1 is 0.938 bits per heavy atom. The van der Waals surface area contributed by atoms with Crippen LogP contribution in [0.3, 0.4) is 0 Å². The van der Waals surface area contributed by atoms with E-state index in [4.69, 9.17) is 0 Å². The smallest absolute Gasteiger partial charge is 0.00979 e. The van der Waals surface area contributed by atoms with Crippen LogP contribution in [0.4, 0.5) is 0 Å². The Hall–Kier alpha value is -0.0400. The van der Waals surface area contributed by atoms with Crippen LogP contribution in [0, 0.1) is 17.3 Å². The van der Waals surface area contributed by atoms with Crippen molar-refractivity contribution in [2.75, 3.05) is 0 Å². The molecule has 2 fully saturated rings. The Labute approximate surface area is 101 Å². The standard InChI is InChI=1S/C15H29N/c1-11-5-6-14(12(11)2)16-13-7-9-15(3,4)10-8-13/h11-14,16H,5-10H2,1-4H3. The van der Waals surface area contributed by atoms with Crippen LogP contribution in [-0.2, 0) is 0 Å². The maximum absolute atomic E-state index is 3.94. The third kappa shape index (κ3) is 2.80. The molecule has 3 unspecified atom stereocenters. The van der Waals surface area contributed by atoms with Crippen LogP contribution in [0.1, 0.15) is 66.2 Å². The van der Waals surface area contributed by atoms with Gasteiger partial charge in [0.05, 0.1) is 0 Å². The topological polar surface area (TPSA) is 12.0 Å². The van der Waals surface area contributed by atoms with Crippen LogP contribution in [0.25, 0.3) is 0 Å². The Morgan fingerprint density at radius 2 is 1.56 bits per heavy atom. The molecule has 3 atom stereocenters. The van der Waals surface area contributed by atoms with Gasteiger partial charge < -0.3 is 5.32 Å². The summed E-state index contributed by atoms with van der Waals surface area (Å²) in [4.78, 5) is 0. The van der Waals surface area contributed by atoms with Crippen molar-refractivity contribution in [3.8, 4) is 0 Å². The highest BCUT2D eigenvalue weighted by atomic mass is 15.0. The maximum atomic E-state index is 3.94. The molecule has 2 rings (SSSR count). The van der Waals surface area contributed by atoms with Crippen molar-refractivity contribution < 1.29 is 0 Å². The fraction of sp³-hybridized carbons (Fsp3) is 1.00. The summed E-state index contributed by atoms with van der Waals surface area (Å²) in [5.74, 6) is 1.81. The first-order chi connectivity index (χ1) is 7.48. The lowest BCUT2D eigenvalue weighted by Crippen LogP contribution is -2.43. The third-order valence-corrected chi connectivity index (χ3v) is 5.25. The van der Waals surface area contributed by atoms with E-state index in [-0.39, 0.29) is 0 Å². The second kappa shape index (κ2) is 4.68. The summed E-state index contributed by atoms with van der Waals surface area (Å²) < 4.78 is 0. The molecule has 0 aromatic heterocycles. The van der Waals surface area contributed by atoms with Gasteiger partial charge in [-0.25, -0.2) is 0 Å². The molecule has 0 saturated heterocycles. The summed E-state index contributed by atoms with van der Waals surface area (Å²) in [6.45, 7) is 9.69. The molecule has 0 aromatic carbocycles. The molecule has 0 spiro atoms. The van der Waals surface area contributed by atoms with Crippen LogP contribution in [0.15, 0.2) is 0 Å². The van der Waals surface area contributed by atoms with Crippen LogP contribution in [0.2, 0.25) is 0 Å². The minimum absolute atomic E-state index is 0.604. The van der Waals surface area contributed by atoms with Crippen molar-refractivity contribution in [2.24, 2.45) is 17.3 Å². The zero-order valence-corrected chi connectivity index (χ0v) is 11.6. The molecule has 0 amide bonds. The summed E-state index contributed by atoms with van der Waals surface area (Å²) in [7, 11) is 0. The quantitative estimate of drug-likeness (QED) is 0.746. The molecule has 2 aliphatic rings. The average molecular weight is 223 g/mol. The first kappa shape index (κ1) is 12.4. The third-order valence-electron chi connectivity index (χ3n) is 5.25. The van der Waals surface area contributed by atoms with Crippen molar-refractivity contribution in [1.82, 2.24) is 5.32 Å². The van der Waals surface area contributed by atoms with Gasteiger partial charge in [-0.1, -0.05) is 27.7 Å². The SMILES string of the molecule is CC1CCC(NC2CCC(C)(C)CC2)C1C. The molecule has 0 radical (unpaired) electrons. The van der Waals surface area contributed by atoms with Crippen molar-refractivity contribution in [3.05, 3.63) is 0 Å². The van der Waals surface area contributed by atoms with E-state index in [1.54, 1.807) is 0 Å². The Morgan fingerprint density at radius 3 is 2.06 bits per heavy atom. The first-order valence-corrected chi connectivity index (χ1v) is 7.24. The second-order valence-corrected chi connectivity index (χ2v) is 7.13. The van der Waals surface area contributed by atoms with E-state index < -0.39 is 0 Å². The Balaban J connectivity index is 1.79. The van der Waals surface area contributed by atoms with Crippen molar-refractivity contribution in [2.45, 2.75) is 78.3 Å². The normalized spacial score (nSPS) is 40.1. The molecule has 0 aliphatic heterocycles. The lowest BCUT2D eigenvalue weighted by atomic mass is 9.75. The van der Waals surface area contributed by atoms with Gasteiger partial charge in [0.1, 0.15) is 0 Å². The van der Waals surface area contributed by atoms with Gasteiger partial charge in [0.25, 0.3) is 0 Å². The highest BCUT2D eigenvalue weighted by molar-refractivity contribution is 4.90. The molecular formula is C15H29N. The summed E-state index contributed by atoms with van der Waals surface area (Å²) in [6.07, 6.45) is 8.43. The first-order valence-electron chi connectivity index (χ1n) is 7.24. The van der Waals surface area contributed by atoms with E-state index in [1.807, 2.05) is 0 Å². The summed E-state index contributed by atoms with van der Waals surface area (Å²) in [5.41, 5.74) is 0.604. The van der Waals surface area contributed by atoms with Gasteiger partial charge >= 0.3 is 0 Å². The van der Waals surface area contributed by atoms with Crippen LogP contribution >= 0.6 is 0 Å². The molecule has 2 aliphatic carbocycles. The van der Waals surface area contributed by atoms with E-state index in [0.717, 1.165) is 23.9 Å². The predicted molar refractivity (Wildman–Crippen MR) is 70.5 cm³/mol. The molecule has 0 bridgehead atoms. The number of rotatable bonds is 2. The minimum Gasteiger partial charge on any atom is -0.311 e. The number of nitrogens with one attached hydrogen (secondary N) is 1.